The Morgan fingerprint density at radius 1 is 1.37 bits per heavy atom. The molecule has 2 rings (SSSR count). The Kier molecular flexibility index (Phi) is 3.54. The largest absolute Gasteiger partial charge is 0.430 e. The number of nitro groups is 1. The van der Waals surface area contributed by atoms with Crippen molar-refractivity contribution >= 4 is 17.3 Å². The van der Waals surface area contributed by atoms with Gasteiger partial charge < -0.3 is 4.74 Å². The molecule has 1 heterocycles. The highest BCUT2D eigenvalue weighted by Crippen LogP contribution is 2.32. The van der Waals surface area contributed by atoms with Crippen molar-refractivity contribution in [2.45, 2.75) is 0 Å². The monoisotopic (exact) mass is 276 g/mol. The third-order valence-electron chi connectivity index (χ3n) is 2.07. The van der Waals surface area contributed by atoms with Gasteiger partial charge >= 0.3 is 5.69 Å². The predicted molar refractivity (Wildman–Crippen MR) is 64.9 cm³/mol. The number of ether oxygens (including phenoxy) is 1. The number of nitrogens with zero attached hydrogens (tertiary/aromatic N) is 4. The van der Waals surface area contributed by atoms with Crippen LogP contribution in [0.5, 0.6) is 11.6 Å². The molecule has 2 aromatic rings. The maximum Gasteiger partial charge on any atom is 0.313 e. The number of halogens is 1. The van der Waals surface area contributed by atoms with Gasteiger partial charge in [-0.1, -0.05) is 11.6 Å². The van der Waals surface area contributed by atoms with Gasteiger partial charge in [0.1, 0.15) is 6.07 Å². The van der Waals surface area contributed by atoms with Crippen LogP contribution < -0.4 is 4.74 Å². The first-order valence-corrected chi connectivity index (χ1v) is 5.32. The van der Waals surface area contributed by atoms with Gasteiger partial charge in [0.2, 0.25) is 11.6 Å². The summed E-state index contributed by atoms with van der Waals surface area (Å²) in [5, 5.41) is 19.6. The van der Waals surface area contributed by atoms with Crippen LogP contribution in [0.25, 0.3) is 0 Å². The molecule has 8 heteroatoms. The van der Waals surface area contributed by atoms with E-state index in [9.17, 15) is 10.1 Å². The summed E-state index contributed by atoms with van der Waals surface area (Å²) in [5.74, 6) is 0.0397. The minimum Gasteiger partial charge on any atom is -0.430 e. The van der Waals surface area contributed by atoms with Gasteiger partial charge in [-0.2, -0.15) is 5.26 Å². The molecule has 0 bridgehead atoms. The number of benzene rings is 1. The van der Waals surface area contributed by atoms with Gasteiger partial charge in [-0.05, 0) is 12.1 Å². The summed E-state index contributed by atoms with van der Waals surface area (Å²) in [6.07, 6.45) is 2.41. The Balaban J connectivity index is 2.32. The molecule has 0 aliphatic carbocycles. The van der Waals surface area contributed by atoms with E-state index in [0.29, 0.717) is 0 Å². The molecule has 0 unspecified atom stereocenters. The highest BCUT2D eigenvalue weighted by atomic mass is 35.5. The molecular weight excluding hydrogens is 272 g/mol. The normalized spacial score (nSPS) is 9.68. The van der Waals surface area contributed by atoms with Gasteiger partial charge in [0, 0.05) is 11.1 Å². The Hall–Kier alpha value is -2.72. The van der Waals surface area contributed by atoms with Crippen molar-refractivity contribution in [2.24, 2.45) is 0 Å². The van der Waals surface area contributed by atoms with E-state index in [1.165, 1.54) is 30.6 Å². The Bertz CT molecular complexity index is 667. The van der Waals surface area contributed by atoms with Crippen LogP contribution in [0, 0.1) is 21.4 Å². The van der Waals surface area contributed by atoms with E-state index in [1.54, 1.807) is 6.07 Å². The summed E-state index contributed by atoms with van der Waals surface area (Å²) in [7, 11) is 0. The van der Waals surface area contributed by atoms with Crippen LogP contribution in [-0.4, -0.2) is 14.9 Å². The highest BCUT2D eigenvalue weighted by molar-refractivity contribution is 6.30. The lowest BCUT2D eigenvalue weighted by molar-refractivity contribution is -0.385. The topological polar surface area (TPSA) is 102 Å². The van der Waals surface area contributed by atoms with Crippen molar-refractivity contribution in [3.63, 3.8) is 0 Å². The first kappa shape index (κ1) is 12.7. The number of hydrogen-bond acceptors (Lipinski definition) is 6. The third kappa shape index (κ3) is 2.94. The van der Waals surface area contributed by atoms with Gasteiger partial charge in [0.15, 0.2) is 5.69 Å². The van der Waals surface area contributed by atoms with E-state index >= 15 is 0 Å². The fourth-order valence-electron chi connectivity index (χ4n) is 1.26. The first-order chi connectivity index (χ1) is 9.10. The molecule has 94 valence electrons. The van der Waals surface area contributed by atoms with Crippen LogP contribution in [0.2, 0.25) is 5.02 Å². The number of hydrogen-bond donors (Lipinski definition) is 0. The maximum absolute atomic E-state index is 10.9. The minimum absolute atomic E-state index is 0.00610. The molecule has 7 nitrogen and oxygen atoms in total. The van der Waals surface area contributed by atoms with E-state index in [0.717, 1.165) is 0 Å². The van der Waals surface area contributed by atoms with Crippen molar-refractivity contribution < 1.29 is 9.66 Å². The number of nitriles is 1. The van der Waals surface area contributed by atoms with Crippen molar-refractivity contribution in [3.05, 3.63) is 51.4 Å². The minimum atomic E-state index is -0.613. The SMILES string of the molecule is N#Cc1cnc(Oc2ccc(Cl)cc2[N+](=O)[O-])cn1. The average Bonchev–Trinajstić information content (AvgIpc) is 2.41. The summed E-state index contributed by atoms with van der Waals surface area (Å²) >= 11 is 5.68. The maximum atomic E-state index is 10.9. The third-order valence-corrected chi connectivity index (χ3v) is 2.31. The summed E-state index contributed by atoms with van der Waals surface area (Å²) in [5.41, 5.74) is -0.156. The lowest BCUT2D eigenvalue weighted by Crippen LogP contribution is -1.95. The van der Waals surface area contributed by atoms with E-state index in [1.807, 2.05) is 0 Å². The van der Waals surface area contributed by atoms with E-state index in [-0.39, 0.29) is 28.0 Å². The smallest absolute Gasteiger partial charge is 0.313 e. The van der Waals surface area contributed by atoms with Crippen LogP contribution in [0.4, 0.5) is 5.69 Å². The first-order valence-electron chi connectivity index (χ1n) is 4.94. The molecule has 19 heavy (non-hydrogen) atoms. The Morgan fingerprint density at radius 3 is 2.74 bits per heavy atom. The Morgan fingerprint density at radius 2 is 2.16 bits per heavy atom. The zero-order chi connectivity index (χ0) is 13.8. The fraction of sp³-hybridized carbons (Fsp3) is 0. The van der Waals surface area contributed by atoms with Crippen molar-refractivity contribution in [1.82, 2.24) is 9.97 Å². The van der Waals surface area contributed by atoms with Crippen LogP contribution in [-0.2, 0) is 0 Å². The van der Waals surface area contributed by atoms with Crippen molar-refractivity contribution in [1.29, 1.82) is 5.26 Å². The summed E-state index contributed by atoms with van der Waals surface area (Å²) in [4.78, 5) is 17.8. The van der Waals surface area contributed by atoms with Crippen LogP contribution in [0.3, 0.4) is 0 Å². The van der Waals surface area contributed by atoms with Gasteiger partial charge in [-0.3, -0.25) is 10.1 Å². The van der Waals surface area contributed by atoms with Crippen LogP contribution in [0.1, 0.15) is 5.69 Å². The summed E-state index contributed by atoms with van der Waals surface area (Å²) < 4.78 is 5.24. The Labute approximate surface area is 112 Å². The summed E-state index contributed by atoms with van der Waals surface area (Å²) in [6, 6.07) is 5.80. The second-order valence-electron chi connectivity index (χ2n) is 3.32. The average molecular weight is 277 g/mol. The molecular formula is C11H5ClN4O3. The highest BCUT2D eigenvalue weighted by Gasteiger charge is 2.16. The molecule has 0 atom stereocenters. The number of aromatic nitrogens is 2. The fourth-order valence-corrected chi connectivity index (χ4v) is 1.43. The molecule has 0 saturated heterocycles. The lowest BCUT2D eigenvalue weighted by Gasteiger charge is -2.04. The number of rotatable bonds is 3. The van der Waals surface area contributed by atoms with Gasteiger partial charge in [-0.25, -0.2) is 9.97 Å². The molecule has 0 amide bonds. The predicted octanol–water partition coefficient (Wildman–Crippen LogP) is 2.70. The van der Waals surface area contributed by atoms with E-state index in [2.05, 4.69) is 9.97 Å². The van der Waals surface area contributed by atoms with Gasteiger partial charge in [0.25, 0.3) is 0 Å². The molecule has 0 spiro atoms. The second kappa shape index (κ2) is 5.29. The van der Waals surface area contributed by atoms with Crippen molar-refractivity contribution in [3.8, 4) is 17.7 Å². The zero-order valence-corrected chi connectivity index (χ0v) is 10.0. The zero-order valence-electron chi connectivity index (χ0n) is 9.28. The molecule has 1 aromatic heterocycles. The van der Waals surface area contributed by atoms with Crippen molar-refractivity contribution in [2.75, 3.05) is 0 Å². The molecule has 1 aromatic carbocycles. The van der Waals surface area contributed by atoms with Crippen LogP contribution in [0.15, 0.2) is 30.6 Å². The van der Waals surface area contributed by atoms with Crippen LogP contribution >= 0.6 is 11.6 Å². The van der Waals surface area contributed by atoms with E-state index < -0.39 is 4.92 Å². The van der Waals surface area contributed by atoms with Gasteiger partial charge in [-0.15, -0.1) is 0 Å². The van der Waals surface area contributed by atoms with Gasteiger partial charge in [0.05, 0.1) is 17.3 Å². The quantitative estimate of drug-likeness (QED) is 0.631. The molecule has 0 fully saturated rings. The summed E-state index contributed by atoms with van der Waals surface area (Å²) in [6.45, 7) is 0. The molecule has 0 radical (unpaired) electrons. The standard InChI is InChI=1S/C11H5ClN4O3/c12-7-1-2-10(9(3-7)16(17)18)19-11-6-14-8(4-13)5-15-11/h1-3,5-6H. The second-order valence-corrected chi connectivity index (χ2v) is 3.76. The van der Waals surface area contributed by atoms with E-state index in [4.69, 9.17) is 21.6 Å². The number of nitro benzene ring substituents is 1. The molecule has 0 N–H and O–H groups in total. The molecule has 0 saturated carbocycles. The molecule has 0 aliphatic rings. The lowest BCUT2D eigenvalue weighted by atomic mass is 10.3. The molecule has 0 aliphatic heterocycles.